The SMILES string of the molecule is CCC(CC)C(CNC(=NC)NCCCN(C)CCOC)N1CCOCC1.I. The Kier molecular flexibility index (Phi) is 17.6. The Morgan fingerprint density at radius 1 is 1.18 bits per heavy atom. The second kappa shape index (κ2) is 17.7. The largest absolute Gasteiger partial charge is 0.383 e. The van der Waals surface area contributed by atoms with Crippen molar-refractivity contribution in [3.8, 4) is 0 Å². The third-order valence-electron chi connectivity index (χ3n) is 5.50. The lowest BCUT2D eigenvalue weighted by Crippen LogP contribution is -2.53. The molecule has 0 amide bonds. The van der Waals surface area contributed by atoms with Crippen molar-refractivity contribution < 1.29 is 9.47 Å². The zero-order valence-corrected chi connectivity index (χ0v) is 21.0. The van der Waals surface area contributed by atoms with Crippen LogP contribution in [0.1, 0.15) is 33.1 Å². The molecule has 0 aromatic rings. The Hall–Kier alpha value is -0.160. The van der Waals surface area contributed by atoms with Gasteiger partial charge in [0.2, 0.25) is 0 Å². The molecule has 0 saturated carbocycles. The Bertz CT molecular complexity index is 391. The Morgan fingerprint density at radius 2 is 1.86 bits per heavy atom. The number of likely N-dealkylation sites (N-methyl/N-ethyl adjacent to an activating group) is 1. The van der Waals surface area contributed by atoms with Gasteiger partial charge in [-0.15, -0.1) is 24.0 Å². The van der Waals surface area contributed by atoms with Crippen molar-refractivity contribution in [1.29, 1.82) is 0 Å². The highest BCUT2D eigenvalue weighted by atomic mass is 127. The molecule has 1 atom stereocenters. The Morgan fingerprint density at radius 3 is 2.43 bits per heavy atom. The summed E-state index contributed by atoms with van der Waals surface area (Å²) in [5, 5.41) is 7.01. The maximum absolute atomic E-state index is 5.54. The number of hydrogen-bond donors (Lipinski definition) is 2. The number of nitrogens with one attached hydrogen (secondary N) is 2. The number of rotatable bonds is 13. The molecular formula is C20H44IN5O2. The van der Waals surface area contributed by atoms with Crippen molar-refractivity contribution in [3.63, 3.8) is 0 Å². The zero-order chi connectivity index (χ0) is 19.9. The molecule has 0 aromatic carbocycles. The fourth-order valence-corrected chi connectivity index (χ4v) is 3.67. The molecular weight excluding hydrogens is 469 g/mol. The molecule has 0 bridgehead atoms. The van der Waals surface area contributed by atoms with Crippen molar-refractivity contribution >= 4 is 29.9 Å². The van der Waals surface area contributed by atoms with Crippen LogP contribution in [-0.4, -0.2) is 102 Å². The number of hydrogen-bond acceptors (Lipinski definition) is 5. The van der Waals surface area contributed by atoms with E-state index in [0.717, 1.165) is 71.5 Å². The van der Waals surface area contributed by atoms with E-state index in [-0.39, 0.29) is 24.0 Å². The molecule has 1 aliphatic rings. The van der Waals surface area contributed by atoms with Gasteiger partial charge < -0.3 is 25.0 Å². The van der Waals surface area contributed by atoms with Gasteiger partial charge in [0.1, 0.15) is 0 Å². The van der Waals surface area contributed by atoms with Crippen LogP contribution >= 0.6 is 24.0 Å². The van der Waals surface area contributed by atoms with Crippen molar-refractivity contribution in [2.24, 2.45) is 10.9 Å². The summed E-state index contributed by atoms with van der Waals surface area (Å²) in [5.41, 5.74) is 0. The van der Waals surface area contributed by atoms with Crippen LogP contribution in [-0.2, 0) is 9.47 Å². The first-order valence-corrected chi connectivity index (χ1v) is 10.6. The number of halogens is 1. The van der Waals surface area contributed by atoms with Crippen LogP contribution in [0.4, 0.5) is 0 Å². The van der Waals surface area contributed by atoms with Crippen LogP contribution in [0.3, 0.4) is 0 Å². The Balaban J connectivity index is 0.00000729. The van der Waals surface area contributed by atoms with Gasteiger partial charge in [-0.05, 0) is 25.9 Å². The van der Waals surface area contributed by atoms with Crippen molar-refractivity contribution in [2.45, 2.75) is 39.2 Å². The summed E-state index contributed by atoms with van der Waals surface area (Å²) in [5.74, 6) is 1.60. The number of morpholine rings is 1. The zero-order valence-electron chi connectivity index (χ0n) is 18.7. The molecule has 0 spiro atoms. The van der Waals surface area contributed by atoms with E-state index in [1.54, 1.807) is 7.11 Å². The predicted molar refractivity (Wildman–Crippen MR) is 129 cm³/mol. The van der Waals surface area contributed by atoms with Crippen LogP contribution in [0.5, 0.6) is 0 Å². The normalized spacial score (nSPS) is 16.9. The topological polar surface area (TPSA) is 61.4 Å². The first-order chi connectivity index (χ1) is 13.2. The number of aliphatic imine (C=N–C) groups is 1. The van der Waals surface area contributed by atoms with E-state index < -0.39 is 0 Å². The fourth-order valence-electron chi connectivity index (χ4n) is 3.67. The molecule has 0 radical (unpaired) electrons. The van der Waals surface area contributed by atoms with Crippen molar-refractivity contribution in [3.05, 3.63) is 0 Å². The number of methoxy groups -OCH3 is 1. The third-order valence-corrected chi connectivity index (χ3v) is 5.50. The van der Waals surface area contributed by atoms with Crippen LogP contribution in [0, 0.1) is 5.92 Å². The van der Waals surface area contributed by atoms with Gasteiger partial charge in [-0.2, -0.15) is 0 Å². The minimum absolute atomic E-state index is 0. The van der Waals surface area contributed by atoms with E-state index in [4.69, 9.17) is 9.47 Å². The number of guanidine groups is 1. The summed E-state index contributed by atoms with van der Waals surface area (Å²) in [6.07, 6.45) is 3.50. The second-order valence-corrected chi connectivity index (χ2v) is 7.32. The minimum atomic E-state index is 0. The van der Waals surface area contributed by atoms with E-state index in [1.165, 1.54) is 12.8 Å². The van der Waals surface area contributed by atoms with Crippen LogP contribution in [0.25, 0.3) is 0 Å². The maximum atomic E-state index is 5.54. The first kappa shape index (κ1) is 27.8. The highest BCUT2D eigenvalue weighted by Gasteiger charge is 2.26. The molecule has 7 nitrogen and oxygen atoms in total. The fraction of sp³-hybridized carbons (Fsp3) is 0.950. The molecule has 1 saturated heterocycles. The monoisotopic (exact) mass is 513 g/mol. The van der Waals surface area contributed by atoms with Gasteiger partial charge in [0, 0.05) is 52.9 Å². The molecule has 1 unspecified atom stereocenters. The summed E-state index contributed by atoms with van der Waals surface area (Å²) in [6.45, 7) is 13.0. The number of ether oxygens (including phenoxy) is 2. The Labute approximate surface area is 190 Å². The van der Waals surface area contributed by atoms with Gasteiger partial charge >= 0.3 is 0 Å². The van der Waals surface area contributed by atoms with Gasteiger partial charge in [0.15, 0.2) is 5.96 Å². The van der Waals surface area contributed by atoms with E-state index >= 15 is 0 Å². The summed E-state index contributed by atoms with van der Waals surface area (Å²) in [7, 11) is 5.73. The maximum Gasteiger partial charge on any atom is 0.191 e. The lowest BCUT2D eigenvalue weighted by atomic mass is 9.92. The standard InChI is InChI=1S/C20H43N5O2.HI/c1-6-18(7-2)19(25-12-15-27-16-13-25)17-23-20(21-3)22-9-8-10-24(4)11-14-26-5;/h18-19H,6-17H2,1-5H3,(H2,21,22,23);1H. The molecule has 28 heavy (non-hydrogen) atoms. The van der Waals surface area contributed by atoms with Gasteiger partial charge in [-0.25, -0.2) is 0 Å². The van der Waals surface area contributed by atoms with E-state index in [1.807, 2.05) is 7.05 Å². The van der Waals surface area contributed by atoms with Gasteiger partial charge in [0.05, 0.1) is 19.8 Å². The quantitative estimate of drug-likeness (QED) is 0.170. The first-order valence-electron chi connectivity index (χ1n) is 10.6. The van der Waals surface area contributed by atoms with Crippen molar-refractivity contribution in [2.75, 3.05) is 80.3 Å². The van der Waals surface area contributed by atoms with E-state index in [9.17, 15) is 0 Å². The smallest absolute Gasteiger partial charge is 0.191 e. The van der Waals surface area contributed by atoms with Crippen molar-refractivity contribution in [1.82, 2.24) is 20.4 Å². The minimum Gasteiger partial charge on any atom is -0.383 e. The average Bonchev–Trinajstić information content (AvgIpc) is 2.71. The lowest BCUT2D eigenvalue weighted by Gasteiger charge is -2.39. The summed E-state index contributed by atoms with van der Waals surface area (Å²) in [6, 6.07) is 0.530. The molecule has 2 N–H and O–H groups in total. The molecule has 1 heterocycles. The molecule has 8 heteroatoms. The van der Waals surface area contributed by atoms with Gasteiger partial charge in [-0.3, -0.25) is 9.89 Å². The van der Waals surface area contributed by atoms with Crippen LogP contribution in [0.15, 0.2) is 4.99 Å². The summed E-state index contributed by atoms with van der Waals surface area (Å²) in [4.78, 5) is 9.28. The van der Waals surface area contributed by atoms with Crippen LogP contribution in [0.2, 0.25) is 0 Å². The summed E-state index contributed by atoms with van der Waals surface area (Å²) < 4.78 is 10.7. The molecule has 168 valence electrons. The van der Waals surface area contributed by atoms with Gasteiger partial charge in [-0.1, -0.05) is 26.7 Å². The third kappa shape index (κ3) is 11.1. The second-order valence-electron chi connectivity index (χ2n) is 7.32. The van der Waals surface area contributed by atoms with E-state index in [0.29, 0.717) is 12.0 Å². The molecule has 1 aliphatic heterocycles. The molecule has 0 aromatic heterocycles. The summed E-state index contributed by atoms with van der Waals surface area (Å²) >= 11 is 0. The van der Waals surface area contributed by atoms with Gasteiger partial charge in [0.25, 0.3) is 0 Å². The number of nitrogens with zero attached hydrogens (tertiary/aromatic N) is 3. The highest BCUT2D eigenvalue weighted by Crippen LogP contribution is 2.19. The molecule has 0 aliphatic carbocycles. The average molecular weight is 514 g/mol. The molecule has 1 rings (SSSR count). The van der Waals surface area contributed by atoms with E-state index in [2.05, 4.69) is 46.3 Å². The molecule has 1 fully saturated rings. The highest BCUT2D eigenvalue weighted by molar-refractivity contribution is 14.0. The predicted octanol–water partition coefficient (Wildman–Crippen LogP) is 1.87. The lowest BCUT2D eigenvalue weighted by molar-refractivity contribution is 0.00272. The van der Waals surface area contributed by atoms with Crippen LogP contribution < -0.4 is 10.6 Å².